The highest BCUT2D eigenvalue weighted by atomic mass is 79.9. The number of hydrogen-bond acceptors (Lipinski definition) is 2. The van der Waals surface area contributed by atoms with Crippen molar-refractivity contribution in [3.05, 3.63) is 33.3 Å². The molecule has 1 aromatic carbocycles. The van der Waals surface area contributed by atoms with Crippen LogP contribution in [-0.4, -0.2) is 31.1 Å². The number of likely N-dealkylation sites (tertiary alicyclic amines) is 1. The molecule has 4 heteroatoms. The van der Waals surface area contributed by atoms with E-state index >= 15 is 0 Å². The summed E-state index contributed by atoms with van der Waals surface area (Å²) >= 11 is 9.73. The van der Waals surface area contributed by atoms with Gasteiger partial charge in [0.1, 0.15) is 0 Å². The molecular formula is C15H22BrClN2. The van der Waals surface area contributed by atoms with E-state index in [4.69, 9.17) is 11.6 Å². The standard InChI is InChI=1S/C15H22BrClN2/c1-2-18-10-12-5-7-19(8-6-12)11-13-3-4-14(16)9-15(13)17/h3-4,9,12,18H,2,5-8,10-11H2,1H3. The van der Waals surface area contributed by atoms with E-state index in [1.807, 2.05) is 6.07 Å². The summed E-state index contributed by atoms with van der Waals surface area (Å²) in [6.07, 6.45) is 2.59. The zero-order valence-electron chi connectivity index (χ0n) is 11.5. The van der Waals surface area contributed by atoms with E-state index in [1.54, 1.807) is 0 Å². The largest absolute Gasteiger partial charge is 0.317 e. The van der Waals surface area contributed by atoms with Crippen molar-refractivity contribution in [2.45, 2.75) is 26.3 Å². The molecule has 106 valence electrons. The number of piperidine rings is 1. The predicted molar refractivity (Wildman–Crippen MR) is 85.7 cm³/mol. The molecule has 2 rings (SSSR count). The Hall–Kier alpha value is -0.0900. The Morgan fingerprint density at radius 1 is 1.37 bits per heavy atom. The summed E-state index contributed by atoms with van der Waals surface area (Å²) in [5.41, 5.74) is 1.23. The SMILES string of the molecule is CCNCC1CCN(Cc2ccc(Br)cc2Cl)CC1. The molecule has 0 saturated carbocycles. The van der Waals surface area contributed by atoms with Crippen LogP contribution in [0.25, 0.3) is 0 Å². The Labute approximate surface area is 129 Å². The second-order valence-corrected chi connectivity index (χ2v) is 6.59. The van der Waals surface area contributed by atoms with Gasteiger partial charge < -0.3 is 5.32 Å². The highest BCUT2D eigenvalue weighted by Gasteiger charge is 2.19. The molecule has 1 aliphatic rings. The lowest BCUT2D eigenvalue weighted by Gasteiger charge is -2.32. The van der Waals surface area contributed by atoms with E-state index in [-0.39, 0.29) is 0 Å². The van der Waals surface area contributed by atoms with E-state index in [2.05, 4.69) is 45.2 Å². The normalized spacial score (nSPS) is 17.8. The summed E-state index contributed by atoms with van der Waals surface area (Å²) in [4.78, 5) is 2.51. The predicted octanol–water partition coefficient (Wildman–Crippen LogP) is 3.92. The molecule has 0 radical (unpaired) electrons. The third kappa shape index (κ3) is 4.75. The van der Waals surface area contributed by atoms with Crippen molar-refractivity contribution in [1.82, 2.24) is 10.2 Å². The van der Waals surface area contributed by atoms with Crippen LogP contribution < -0.4 is 5.32 Å². The zero-order valence-corrected chi connectivity index (χ0v) is 13.8. The fourth-order valence-electron chi connectivity index (χ4n) is 2.59. The third-order valence-electron chi connectivity index (χ3n) is 3.80. The minimum Gasteiger partial charge on any atom is -0.317 e. The van der Waals surface area contributed by atoms with Crippen molar-refractivity contribution < 1.29 is 0 Å². The van der Waals surface area contributed by atoms with Gasteiger partial charge in [0.05, 0.1) is 0 Å². The average Bonchev–Trinajstić information content (AvgIpc) is 2.41. The van der Waals surface area contributed by atoms with Crippen LogP contribution in [0.15, 0.2) is 22.7 Å². The van der Waals surface area contributed by atoms with Crippen LogP contribution in [0.2, 0.25) is 5.02 Å². The first-order valence-electron chi connectivity index (χ1n) is 7.06. The van der Waals surface area contributed by atoms with Crippen molar-refractivity contribution >= 4 is 27.5 Å². The van der Waals surface area contributed by atoms with E-state index in [0.717, 1.165) is 28.5 Å². The molecule has 1 aromatic rings. The first kappa shape index (κ1) is 15.3. The number of benzene rings is 1. The second-order valence-electron chi connectivity index (χ2n) is 5.26. The Morgan fingerprint density at radius 3 is 2.74 bits per heavy atom. The fraction of sp³-hybridized carbons (Fsp3) is 0.600. The van der Waals surface area contributed by atoms with Crippen molar-refractivity contribution in [3.63, 3.8) is 0 Å². The van der Waals surface area contributed by atoms with Crippen LogP contribution in [0.3, 0.4) is 0 Å². The number of hydrogen-bond donors (Lipinski definition) is 1. The summed E-state index contributed by atoms with van der Waals surface area (Å²) < 4.78 is 1.05. The van der Waals surface area contributed by atoms with Gasteiger partial charge in [-0.1, -0.05) is 40.5 Å². The van der Waals surface area contributed by atoms with E-state index in [0.29, 0.717) is 0 Å². The van der Waals surface area contributed by atoms with E-state index in [9.17, 15) is 0 Å². The molecule has 0 amide bonds. The monoisotopic (exact) mass is 344 g/mol. The lowest BCUT2D eigenvalue weighted by atomic mass is 9.96. The lowest BCUT2D eigenvalue weighted by Crippen LogP contribution is -2.36. The molecule has 0 aliphatic carbocycles. The van der Waals surface area contributed by atoms with Gasteiger partial charge in [0.25, 0.3) is 0 Å². The van der Waals surface area contributed by atoms with Gasteiger partial charge in [-0.3, -0.25) is 4.90 Å². The van der Waals surface area contributed by atoms with Gasteiger partial charge in [0.15, 0.2) is 0 Å². The van der Waals surface area contributed by atoms with Crippen molar-refractivity contribution in [2.24, 2.45) is 5.92 Å². The summed E-state index contributed by atoms with van der Waals surface area (Å²) in [6, 6.07) is 6.17. The topological polar surface area (TPSA) is 15.3 Å². The minimum atomic E-state index is 0.844. The van der Waals surface area contributed by atoms with Crippen LogP contribution in [-0.2, 0) is 6.54 Å². The lowest BCUT2D eigenvalue weighted by molar-refractivity contribution is 0.176. The number of halogens is 2. The Bertz CT molecular complexity index is 403. The third-order valence-corrected chi connectivity index (χ3v) is 4.64. The maximum atomic E-state index is 6.28. The second kappa shape index (κ2) is 7.63. The van der Waals surface area contributed by atoms with Crippen LogP contribution in [0, 0.1) is 5.92 Å². The molecule has 1 aliphatic heterocycles. The van der Waals surface area contributed by atoms with Gasteiger partial charge in [0.2, 0.25) is 0 Å². The maximum absolute atomic E-state index is 6.28. The highest BCUT2D eigenvalue weighted by molar-refractivity contribution is 9.10. The van der Waals surface area contributed by atoms with Crippen LogP contribution in [0.5, 0.6) is 0 Å². The molecule has 1 N–H and O–H groups in total. The Balaban J connectivity index is 1.82. The molecule has 0 unspecified atom stereocenters. The smallest absolute Gasteiger partial charge is 0.0462 e. The molecule has 1 heterocycles. The molecule has 19 heavy (non-hydrogen) atoms. The molecule has 0 bridgehead atoms. The minimum absolute atomic E-state index is 0.844. The van der Waals surface area contributed by atoms with Crippen LogP contribution >= 0.6 is 27.5 Å². The average molecular weight is 346 g/mol. The van der Waals surface area contributed by atoms with Crippen molar-refractivity contribution in [1.29, 1.82) is 0 Å². The molecule has 0 spiro atoms. The van der Waals surface area contributed by atoms with Crippen molar-refractivity contribution in [3.8, 4) is 0 Å². The van der Waals surface area contributed by atoms with Gasteiger partial charge in [0, 0.05) is 16.0 Å². The Morgan fingerprint density at radius 2 is 2.11 bits per heavy atom. The van der Waals surface area contributed by atoms with E-state index < -0.39 is 0 Å². The number of nitrogens with zero attached hydrogens (tertiary/aromatic N) is 1. The summed E-state index contributed by atoms with van der Waals surface area (Å²) in [6.45, 7) is 7.76. The van der Waals surface area contributed by atoms with E-state index in [1.165, 1.54) is 38.0 Å². The highest BCUT2D eigenvalue weighted by Crippen LogP contribution is 2.24. The first-order chi connectivity index (χ1) is 9.19. The van der Waals surface area contributed by atoms with Gasteiger partial charge in [-0.25, -0.2) is 0 Å². The van der Waals surface area contributed by atoms with Crippen LogP contribution in [0.4, 0.5) is 0 Å². The molecule has 1 saturated heterocycles. The summed E-state index contributed by atoms with van der Waals surface area (Å²) in [5, 5.41) is 4.32. The fourth-order valence-corrected chi connectivity index (χ4v) is 3.32. The molecule has 0 aromatic heterocycles. The first-order valence-corrected chi connectivity index (χ1v) is 8.23. The number of rotatable bonds is 5. The van der Waals surface area contributed by atoms with Gasteiger partial charge in [-0.05, 0) is 62.6 Å². The summed E-state index contributed by atoms with van der Waals surface area (Å²) in [5.74, 6) is 0.844. The van der Waals surface area contributed by atoms with Gasteiger partial charge in [-0.15, -0.1) is 0 Å². The summed E-state index contributed by atoms with van der Waals surface area (Å²) in [7, 11) is 0. The van der Waals surface area contributed by atoms with Crippen LogP contribution in [0.1, 0.15) is 25.3 Å². The molecular weight excluding hydrogens is 324 g/mol. The van der Waals surface area contributed by atoms with Gasteiger partial charge in [-0.2, -0.15) is 0 Å². The maximum Gasteiger partial charge on any atom is 0.0462 e. The number of nitrogens with one attached hydrogen (secondary N) is 1. The zero-order chi connectivity index (χ0) is 13.7. The Kier molecular flexibility index (Phi) is 6.14. The molecule has 0 atom stereocenters. The van der Waals surface area contributed by atoms with Crippen molar-refractivity contribution in [2.75, 3.05) is 26.2 Å². The molecule has 2 nitrogen and oxygen atoms in total. The molecule has 1 fully saturated rings. The quantitative estimate of drug-likeness (QED) is 0.870. The van der Waals surface area contributed by atoms with Gasteiger partial charge >= 0.3 is 0 Å².